The van der Waals surface area contributed by atoms with Crippen molar-refractivity contribution in [3.05, 3.63) is 23.9 Å². The first-order valence-corrected chi connectivity index (χ1v) is 9.22. The zero-order chi connectivity index (χ0) is 16.7. The van der Waals surface area contributed by atoms with Crippen LogP contribution in [0, 0.1) is 11.3 Å². The van der Waals surface area contributed by atoms with Gasteiger partial charge in [-0.3, -0.25) is 0 Å². The zero-order valence-electron chi connectivity index (χ0n) is 15.0. The molecule has 3 aliphatic rings. The largest absolute Gasteiger partial charge is 0.377 e. The maximum absolute atomic E-state index is 5.89. The van der Waals surface area contributed by atoms with Gasteiger partial charge in [0.1, 0.15) is 5.82 Å². The lowest BCUT2D eigenvalue weighted by Gasteiger charge is -2.55. The number of aromatic nitrogens is 1. The maximum Gasteiger partial charge on any atom is 0.128 e. The van der Waals surface area contributed by atoms with Crippen molar-refractivity contribution in [3.8, 4) is 0 Å². The van der Waals surface area contributed by atoms with Gasteiger partial charge in [0.15, 0.2) is 0 Å². The Bertz CT molecular complexity index is 592. The lowest BCUT2D eigenvalue weighted by molar-refractivity contribution is -0.113. The smallest absolute Gasteiger partial charge is 0.128 e. The van der Waals surface area contributed by atoms with Crippen LogP contribution in [-0.4, -0.2) is 49.5 Å². The first-order chi connectivity index (χ1) is 11.6. The van der Waals surface area contributed by atoms with Crippen LogP contribution in [0.3, 0.4) is 0 Å². The number of hydrogen-bond donors (Lipinski definition) is 1. The van der Waals surface area contributed by atoms with Gasteiger partial charge in [-0.05, 0) is 31.0 Å². The molecule has 3 fully saturated rings. The summed E-state index contributed by atoms with van der Waals surface area (Å²) in [7, 11) is 0. The van der Waals surface area contributed by atoms with E-state index in [0.29, 0.717) is 18.1 Å². The number of nitrogens with one attached hydrogen (secondary N) is 1. The standard InChI is InChI=1S/C19H29N3O2/c1-13-12-22(7-9-23-13)16-10-14(4-6-20-16)11-21-17-15-5-8-24-18(15)19(17,2)3/h4,6,10,13,15,17-18,21H,5,7-9,11-12H2,1-3H3/t13-,15-,17-,18+/m1/s1. The summed E-state index contributed by atoms with van der Waals surface area (Å²) in [6.07, 6.45) is 3.84. The van der Waals surface area contributed by atoms with E-state index >= 15 is 0 Å². The van der Waals surface area contributed by atoms with E-state index in [2.05, 4.69) is 48.1 Å². The molecule has 1 N–H and O–H groups in total. The topological polar surface area (TPSA) is 46.6 Å². The van der Waals surface area contributed by atoms with Gasteiger partial charge in [-0.1, -0.05) is 13.8 Å². The van der Waals surface area contributed by atoms with Crippen molar-refractivity contribution in [2.45, 2.75) is 52.0 Å². The summed E-state index contributed by atoms with van der Waals surface area (Å²) < 4.78 is 11.5. The van der Waals surface area contributed by atoms with E-state index in [1.54, 1.807) is 0 Å². The fraction of sp³-hybridized carbons (Fsp3) is 0.737. The second-order valence-corrected chi connectivity index (χ2v) is 8.07. The van der Waals surface area contributed by atoms with Crippen molar-refractivity contribution >= 4 is 5.82 Å². The van der Waals surface area contributed by atoms with Crippen LogP contribution in [0.1, 0.15) is 32.8 Å². The summed E-state index contributed by atoms with van der Waals surface area (Å²) in [5.41, 5.74) is 1.54. The number of nitrogens with zero attached hydrogens (tertiary/aromatic N) is 2. The summed E-state index contributed by atoms with van der Waals surface area (Å²) in [6.45, 7) is 11.2. The molecule has 1 aromatic rings. The van der Waals surface area contributed by atoms with Crippen molar-refractivity contribution in [3.63, 3.8) is 0 Å². The third-order valence-electron chi connectivity index (χ3n) is 6.00. The quantitative estimate of drug-likeness (QED) is 0.916. The molecule has 1 aliphatic carbocycles. The van der Waals surface area contributed by atoms with Crippen molar-refractivity contribution in [2.24, 2.45) is 11.3 Å². The third kappa shape index (κ3) is 2.83. The number of anilines is 1. The van der Waals surface area contributed by atoms with Crippen LogP contribution >= 0.6 is 0 Å². The van der Waals surface area contributed by atoms with Gasteiger partial charge >= 0.3 is 0 Å². The molecule has 1 aromatic heterocycles. The van der Waals surface area contributed by atoms with E-state index in [-0.39, 0.29) is 11.5 Å². The summed E-state index contributed by atoms with van der Waals surface area (Å²) >= 11 is 0. The molecule has 3 heterocycles. The molecule has 0 spiro atoms. The second-order valence-electron chi connectivity index (χ2n) is 8.07. The molecule has 0 amide bonds. The number of hydrogen-bond acceptors (Lipinski definition) is 5. The summed E-state index contributed by atoms with van der Waals surface area (Å²) in [5.74, 6) is 1.75. The fourth-order valence-electron chi connectivity index (χ4n) is 4.74. The summed E-state index contributed by atoms with van der Waals surface area (Å²) in [5, 5.41) is 3.79. The van der Waals surface area contributed by atoms with Crippen molar-refractivity contribution in [1.29, 1.82) is 0 Å². The van der Waals surface area contributed by atoms with E-state index < -0.39 is 0 Å². The Hall–Kier alpha value is -1.17. The zero-order valence-corrected chi connectivity index (χ0v) is 15.0. The molecule has 2 saturated heterocycles. The van der Waals surface area contributed by atoms with E-state index in [9.17, 15) is 0 Å². The molecule has 132 valence electrons. The highest BCUT2D eigenvalue weighted by molar-refractivity contribution is 5.41. The average molecular weight is 331 g/mol. The maximum atomic E-state index is 5.89. The summed E-state index contributed by atoms with van der Waals surface area (Å²) in [4.78, 5) is 6.89. The number of pyridine rings is 1. The molecular formula is C19H29N3O2. The monoisotopic (exact) mass is 331 g/mol. The molecule has 4 atom stereocenters. The van der Waals surface area contributed by atoms with Gasteiger partial charge in [0.05, 0.1) is 18.8 Å². The van der Waals surface area contributed by atoms with E-state index in [1.807, 2.05) is 6.20 Å². The number of fused-ring (bicyclic) bond motifs is 1. The Morgan fingerprint density at radius 1 is 1.33 bits per heavy atom. The van der Waals surface area contributed by atoms with Crippen molar-refractivity contribution < 1.29 is 9.47 Å². The van der Waals surface area contributed by atoms with Crippen molar-refractivity contribution in [1.82, 2.24) is 10.3 Å². The van der Waals surface area contributed by atoms with Gasteiger partial charge in [0.2, 0.25) is 0 Å². The van der Waals surface area contributed by atoms with Crippen molar-refractivity contribution in [2.75, 3.05) is 31.2 Å². The van der Waals surface area contributed by atoms with Crippen LogP contribution in [0.25, 0.3) is 0 Å². The van der Waals surface area contributed by atoms with Crippen LogP contribution in [-0.2, 0) is 16.0 Å². The van der Waals surface area contributed by atoms with Gasteiger partial charge < -0.3 is 19.7 Å². The minimum absolute atomic E-state index is 0.233. The molecule has 4 rings (SSSR count). The number of ether oxygens (including phenoxy) is 2. The molecule has 0 radical (unpaired) electrons. The Morgan fingerprint density at radius 3 is 3.04 bits per heavy atom. The Balaban J connectivity index is 1.39. The van der Waals surface area contributed by atoms with Gasteiger partial charge in [-0.25, -0.2) is 4.98 Å². The SMILES string of the molecule is C[C@@H]1CN(c2cc(CN[C@@H]3[C@H]4CCO[C@@H]4C3(C)C)ccn2)CCO1. The van der Waals surface area contributed by atoms with Crippen LogP contribution in [0.15, 0.2) is 18.3 Å². The fourth-order valence-corrected chi connectivity index (χ4v) is 4.74. The van der Waals surface area contributed by atoms with Crippen LogP contribution in [0.2, 0.25) is 0 Å². The molecule has 5 nitrogen and oxygen atoms in total. The molecule has 0 bridgehead atoms. The first kappa shape index (κ1) is 16.3. The average Bonchev–Trinajstić information content (AvgIpc) is 3.02. The van der Waals surface area contributed by atoms with Crippen LogP contribution in [0.4, 0.5) is 5.82 Å². The third-order valence-corrected chi connectivity index (χ3v) is 6.00. The van der Waals surface area contributed by atoms with E-state index in [1.165, 1.54) is 12.0 Å². The molecule has 5 heteroatoms. The minimum atomic E-state index is 0.233. The normalized spacial score (nSPS) is 34.7. The van der Waals surface area contributed by atoms with Crippen LogP contribution in [0.5, 0.6) is 0 Å². The number of rotatable bonds is 4. The van der Waals surface area contributed by atoms with Gasteiger partial charge in [-0.2, -0.15) is 0 Å². The second kappa shape index (κ2) is 6.28. The lowest BCUT2D eigenvalue weighted by atomic mass is 9.57. The highest BCUT2D eigenvalue weighted by Gasteiger charge is 2.58. The number of morpholine rings is 1. The highest BCUT2D eigenvalue weighted by Crippen LogP contribution is 2.52. The molecule has 0 unspecified atom stereocenters. The predicted molar refractivity (Wildman–Crippen MR) is 94.1 cm³/mol. The minimum Gasteiger partial charge on any atom is -0.377 e. The van der Waals surface area contributed by atoms with Gasteiger partial charge in [-0.15, -0.1) is 0 Å². The van der Waals surface area contributed by atoms with Gasteiger partial charge in [0.25, 0.3) is 0 Å². The van der Waals surface area contributed by atoms with E-state index in [0.717, 1.165) is 38.7 Å². The molecule has 0 aromatic carbocycles. The highest BCUT2D eigenvalue weighted by atomic mass is 16.5. The van der Waals surface area contributed by atoms with E-state index in [4.69, 9.17) is 9.47 Å². The lowest BCUT2D eigenvalue weighted by Crippen LogP contribution is -2.65. The molecule has 24 heavy (non-hydrogen) atoms. The Labute approximate surface area is 144 Å². The predicted octanol–water partition coefficient (Wildman–Crippen LogP) is 2.21. The molecule has 1 saturated carbocycles. The van der Waals surface area contributed by atoms with Crippen LogP contribution < -0.4 is 10.2 Å². The summed E-state index contributed by atoms with van der Waals surface area (Å²) in [6, 6.07) is 4.89. The molecular weight excluding hydrogens is 302 g/mol. The Morgan fingerprint density at radius 2 is 2.21 bits per heavy atom. The Kier molecular flexibility index (Phi) is 4.27. The molecule has 2 aliphatic heterocycles. The first-order valence-electron chi connectivity index (χ1n) is 9.22. The van der Waals surface area contributed by atoms with Gasteiger partial charge in [0, 0.05) is 49.8 Å².